The minimum absolute atomic E-state index is 0.402. The lowest BCUT2D eigenvalue weighted by molar-refractivity contribution is 0.0955. The van der Waals surface area contributed by atoms with Gasteiger partial charge in [-0.3, -0.25) is 0 Å². The second-order valence-electron chi connectivity index (χ2n) is 5.35. The summed E-state index contributed by atoms with van der Waals surface area (Å²) < 4.78 is 0. The molecule has 1 N–H and O–H groups in total. The zero-order chi connectivity index (χ0) is 13.0. The van der Waals surface area contributed by atoms with Crippen LogP contribution in [0.25, 0.3) is 0 Å². The van der Waals surface area contributed by atoms with Gasteiger partial charge in [0, 0.05) is 12.6 Å². The summed E-state index contributed by atoms with van der Waals surface area (Å²) in [5, 5.41) is 10.2. The first kappa shape index (κ1) is 14.2. The summed E-state index contributed by atoms with van der Waals surface area (Å²) in [6, 6.07) is 8.58. The van der Waals surface area contributed by atoms with Crippen LogP contribution in [0.3, 0.4) is 0 Å². The predicted octanol–water partition coefficient (Wildman–Crippen LogP) is 3.00. The number of rotatable bonds is 5. The molecule has 0 aliphatic rings. The SMILES string of the molecule is Cc1cccc(C(O)CN(C)C(C)C(C)C)c1. The van der Waals surface area contributed by atoms with Crippen LogP contribution < -0.4 is 0 Å². The average molecular weight is 235 g/mol. The van der Waals surface area contributed by atoms with Crippen molar-refractivity contribution in [3.8, 4) is 0 Å². The number of aliphatic hydroxyl groups is 1. The number of aryl methyl sites for hydroxylation is 1. The molecule has 0 heterocycles. The Morgan fingerprint density at radius 3 is 2.41 bits per heavy atom. The molecule has 1 rings (SSSR count). The van der Waals surface area contributed by atoms with Crippen LogP contribution in [0.4, 0.5) is 0 Å². The Labute approximate surface area is 105 Å². The Balaban J connectivity index is 2.63. The van der Waals surface area contributed by atoms with E-state index in [0.29, 0.717) is 18.5 Å². The van der Waals surface area contributed by atoms with E-state index in [1.807, 2.05) is 12.1 Å². The monoisotopic (exact) mass is 235 g/mol. The van der Waals surface area contributed by atoms with Crippen molar-refractivity contribution in [3.05, 3.63) is 35.4 Å². The largest absolute Gasteiger partial charge is 0.387 e. The summed E-state index contributed by atoms with van der Waals surface area (Å²) in [6.45, 7) is 9.35. The molecule has 17 heavy (non-hydrogen) atoms. The highest BCUT2D eigenvalue weighted by atomic mass is 16.3. The van der Waals surface area contributed by atoms with Gasteiger partial charge in [0.2, 0.25) is 0 Å². The molecule has 1 aromatic rings. The molecule has 2 unspecified atom stereocenters. The Hall–Kier alpha value is -0.860. The smallest absolute Gasteiger partial charge is 0.0917 e. The normalized spacial score (nSPS) is 15.3. The third kappa shape index (κ3) is 4.14. The molecule has 0 aliphatic heterocycles. The zero-order valence-corrected chi connectivity index (χ0v) is 11.6. The van der Waals surface area contributed by atoms with Gasteiger partial charge >= 0.3 is 0 Å². The van der Waals surface area contributed by atoms with Gasteiger partial charge in [0.15, 0.2) is 0 Å². The molecular formula is C15H25NO. The second-order valence-corrected chi connectivity index (χ2v) is 5.35. The maximum atomic E-state index is 10.2. The summed E-state index contributed by atoms with van der Waals surface area (Å²) in [5.74, 6) is 0.602. The predicted molar refractivity (Wildman–Crippen MR) is 73.1 cm³/mol. The molecule has 0 bridgehead atoms. The average Bonchev–Trinajstić information content (AvgIpc) is 2.27. The van der Waals surface area contributed by atoms with Gasteiger partial charge in [-0.1, -0.05) is 43.7 Å². The quantitative estimate of drug-likeness (QED) is 0.848. The molecule has 0 amide bonds. The fraction of sp³-hybridized carbons (Fsp3) is 0.600. The van der Waals surface area contributed by atoms with E-state index in [0.717, 1.165) is 5.56 Å². The number of hydrogen-bond donors (Lipinski definition) is 1. The van der Waals surface area contributed by atoms with Crippen LogP contribution in [0.2, 0.25) is 0 Å². The number of likely N-dealkylation sites (N-methyl/N-ethyl adjacent to an activating group) is 1. The standard InChI is InChI=1S/C15H25NO/c1-11(2)13(4)16(5)10-15(17)14-8-6-7-12(3)9-14/h6-9,11,13,15,17H,10H2,1-5H3. The molecule has 2 atom stereocenters. The number of benzene rings is 1. The van der Waals surface area contributed by atoms with E-state index in [1.54, 1.807) is 0 Å². The summed E-state index contributed by atoms with van der Waals surface area (Å²) in [6.07, 6.45) is -0.402. The van der Waals surface area contributed by atoms with E-state index < -0.39 is 6.10 Å². The molecular weight excluding hydrogens is 210 g/mol. The first-order valence-corrected chi connectivity index (χ1v) is 6.36. The van der Waals surface area contributed by atoms with Gasteiger partial charge in [-0.2, -0.15) is 0 Å². The van der Waals surface area contributed by atoms with Crippen molar-refractivity contribution < 1.29 is 5.11 Å². The highest BCUT2D eigenvalue weighted by Crippen LogP contribution is 2.17. The van der Waals surface area contributed by atoms with Crippen LogP contribution in [0, 0.1) is 12.8 Å². The highest BCUT2D eigenvalue weighted by molar-refractivity contribution is 5.24. The van der Waals surface area contributed by atoms with Crippen LogP contribution in [-0.4, -0.2) is 29.6 Å². The lowest BCUT2D eigenvalue weighted by Gasteiger charge is -2.29. The third-order valence-corrected chi connectivity index (χ3v) is 3.55. The Kier molecular flexibility index (Phi) is 5.16. The van der Waals surface area contributed by atoms with Crippen molar-refractivity contribution in [2.45, 2.75) is 39.8 Å². The molecule has 2 heteroatoms. The van der Waals surface area contributed by atoms with Gasteiger partial charge in [-0.15, -0.1) is 0 Å². The third-order valence-electron chi connectivity index (χ3n) is 3.55. The lowest BCUT2D eigenvalue weighted by Crippen LogP contribution is -2.36. The molecule has 2 nitrogen and oxygen atoms in total. The topological polar surface area (TPSA) is 23.5 Å². The summed E-state index contributed by atoms with van der Waals surface area (Å²) in [5.41, 5.74) is 2.20. The van der Waals surface area contributed by atoms with Gasteiger partial charge in [0.05, 0.1) is 6.10 Å². The molecule has 96 valence electrons. The number of aliphatic hydroxyl groups excluding tert-OH is 1. The van der Waals surface area contributed by atoms with E-state index in [1.165, 1.54) is 5.56 Å². The minimum atomic E-state index is -0.402. The molecule has 0 saturated carbocycles. The highest BCUT2D eigenvalue weighted by Gasteiger charge is 2.17. The summed E-state index contributed by atoms with van der Waals surface area (Å²) in [7, 11) is 2.07. The lowest BCUT2D eigenvalue weighted by atomic mass is 10.0. The van der Waals surface area contributed by atoms with E-state index in [9.17, 15) is 5.11 Å². The van der Waals surface area contributed by atoms with Gasteiger partial charge < -0.3 is 10.0 Å². The second kappa shape index (κ2) is 6.18. The van der Waals surface area contributed by atoms with Gasteiger partial charge in [0.1, 0.15) is 0 Å². The fourth-order valence-electron chi connectivity index (χ4n) is 1.93. The van der Waals surface area contributed by atoms with Crippen molar-refractivity contribution in [1.29, 1.82) is 0 Å². The Morgan fingerprint density at radius 1 is 1.24 bits per heavy atom. The Morgan fingerprint density at radius 2 is 1.88 bits per heavy atom. The maximum absolute atomic E-state index is 10.2. The molecule has 0 radical (unpaired) electrons. The van der Waals surface area contributed by atoms with Gasteiger partial charge in [-0.25, -0.2) is 0 Å². The van der Waals surface area contributed by atoms with Gasteiger partial charge in [-0.05, 0) is 32.4 Å². The molecule has 0 spiro atoms. The van der Waals surface area contributed by atoms with Crippen molar-refractivity contribution in [3.63, 3.8) is 0 Å². The van der Waals surface area contributed by atoms with Crippen molar-refractivity contribution >= 4 is 0 Å². The van der Waals surface area contributed by atoms with Crippen molar-refractivity contribution in [1.82, 2.24) is 4.90 Å². The minimum Gasteiger partial charge on any atom is -0.387 e. The molecule has 1 aromatic carbocycles. The number of hydrogen-bond acceptors (Lipinski definition) is 2. The van der Waals surface area contributed by atoms with Crippen LogP contribution >= 0.6 is 0 Å². The summed E-state index contributed by atoms with van der Waals surface area (Å²) in [4.78, 5) is 2.22. The van der Waals surface area contributed by atoms with Crippen LogP contribution in [0.15, 0.2) is 24.3 Å². The number of nitrogens with zero attached hydrogens (tertiary/aromatic N) is 1. The Bertz CT molecular complexity index is 349. The maximum Gasteiger partial charge on any atom is 0.0917 e. The van der Waals surface area contributed by atoms with E-state index in [4.69, 9.17) is 0 Å². The van der Waals surface area contributed by atoms with E-state index in [2.05, 4.69) is 51.8 Å². The van der Waals surface area contributed by atoms with Crippen molar-refractivity contribution in [2.75, 3.05) is 13.6 Å². The molecule has 0 aromatic heterocycles. The first-order valence-electron chi connectivity index (χ1n) is 6.36. The zero-order valence-electron chi connectivity index (χ0n) is 11.6. The molecule has 0 fully saturated rings. The van der Waals surface area contributed by atoms with Crippen LogP contribution in [0.5, 0.6) is 0 Å². The van der Waals surface area contributed by atoms with Gasteiger partial charge in [0.25, 0.3) is 0 Å². The van der Waals surface area contributed by atoms with Crippen LogP contribution in [0.1, 0.15) is 38.0 Å². The van der Waals surface area contributed by atoms with Crippen LogP contribution in [-0.2, 0) is 0 Å². The van der Waals surface area contributed by atoms with Crippen molar-refractivity contribution in [2.24, 2.45) is 5.92 Å². The molecule has 0 aliphatic carbocycles. The first-order chi connectivity index (χ1) is 7.91. The van der Waals surface area contributed by atoms with E-state index in [-0.39, 0.29) is 0 Å². The fourth-order valence-corrected chi connectivity index (χ4v) is 1.93. The van der Waals surface area contributed by atoms with E-state index >= 15 is 0 Å². The molecule has 0 saturated heterocycles. The summed E-state index contributed by atoms with van der Waals surface area (Å²) >= 11 is 0.